The Kier molecular flexibility index (Phi) is 8.87. The summed E-state index contributed by atoms with van der Waals surface area (Å²) in [5, 5.41) is 0. The van der Waals surface area contributed by atoms with Crippen LogP contribution in [0.5, 0.6) is 0 Å². The first-order valence-corrected chi connectivity index (χ1v) is 3.71. The third-order valence-corrected chi connectivity index (χ3v) is 1.02. The molecular weight excluding hydrogens is 148 g/mol. The van der Waals surface area contributed by atoms with Crippen molar-refractivity contribution in [3.63, 3.8) is 0 Å². The standard InChI is InChI=1S/C4H8O2.C3H6O2/c1-2-4-6-5-3-1;1-2-5-3-4/h1-4H2;3H,2H2,1H3. The molecule has 0 amide bonds. The van der Waals surface area contributed by atoms with Gasteiger partial charge in [0.05, 0.1) is 19.8 Å². The van der Waals surface area contributed by atoms with Crippen LogP contribution in [-0.4, -0.2) is 26.3 Å². The summed E-state index contributed by atoms with van der Waals surface area (Å²) in [6.07, 6.45) is 2.31. The third kappa shape index (κ3) is 9.39. The maximum Gasteiger partial charge on any atom is 0.293 e. The molecule has 1 aliphatic rings. The molecule has 0 unspecified atom stereocenters. The van der Waals surface area contributed by atoms with Crippen molar-refractivity contribution in [2.24, 2.45) is 0 Å². The first-order valence-electron chi connectivity index (χ1n) is 3.71. The van der Waals surface area contributed by atoms with Crippen molar-refractivity contribution in [1.82, 2.24) is 0 Å². The van der Waals surface area contributed by atoms with Crippen LogP contribution in [0, 0.1) is 0 Å². The maximum absolute atomic E-state index is 9.18. The first-order chi connectivity index (χ1) is 5.41. The second-order valence-corrected chi connectivity index (χ2v) is 1.90. The van der Waals surface area contributed by atoms with Gasteiger partial charge in [-0.1, -0.05) is 0 Å². The molecule has 0 aromatic rings. The molecule has 4 nitrogen and oxygen atoms in total. The molecule has 4 heteroatoms. The average molecular weight is 162 g/mol. The van der Waals surface area contributed by atoms with Gasteiger partial charge >= 0.3 is 0 Å². The SMILES string of the molecule is C1CCOOC1.CCOC=O. The molecule has 1 heterocycles. The van der Waals surface area contributed by atoms with E-state index in [2.05, 4.69) is 14.5 Å². The fraction of sp³-hybridized carbons (Fsp3) is 0.857. The van der Waals surface area contributed by atoms with Crippen molar-refractivity contribution >= 4 is 6.47 Å². The number of hydrogen-bond acceptors (Lipinski definition) is 4. The van der Waals surface area contributed by atoms with Crippen molar-refractivity contribution in [3.8, 4) is 0 Å². The third-order valence-electron chi connectivity index (χ3n) is 1.02. The Morgan fingerprint density at radius 1 is 1.36 bits per heavy atom. The van der Waals surface area contributed by atoms with Gasteiger partial charge in [0.2, 0.25) is 0 Å². The van der Waals surface area contributed by atoms with Gasteiger partial charge in [0.1, 0.15) is 0 Å². The summed E-state index contributed by atoms with van der Waals surface area (Å²) < 4.78 is 4.15. The quantitative estimate of drug-likeness (QED) is 0.447. The summed E-state index contributed by atoms with van der Waals surface area (Å²) in [6.45, 7) is 4.22. The van der Waals surface area contributed by atoms with Crippen molar-refractivity contribution in [3.05, 3.63) is 0 Å². The number of carbonyl (C=O) groups is 1. The van der Waals surface area contributed by atoms with E-state index in [1.807, 2.05) is 0 Å². The zero-order valence-corrected chi connectivity index (χ0v) is 6.75. The molecule has 0 spiro atoms. The molecule has 0 saturated carbocycles. The molecular formula is C7H14O4. The van der Waals surface area contributed by atoms with Crippen LogP contribution in [0.15, 0.2) is 0 Å². The van der Waals surface area contributed by atoms with Crippen molar-refractivity contribution < 1.29 is 19.3 Å². The lowest BCUT2D eigenvalue weighted by Gasteiger charge is -2.07. The van der Waals surface area contributed by atoms with Gasteiger partial charge in [-0.25, -0.2) is 9.78 Å². The largest absolute Gasteiger partial charge is 0.468 e. The number of hydrogen-bond donors (Lipinski definition) is 0. The van der Waals surface area contributed by atoms with E-state index >= 15 is 0 Å². The zero-order chi connectivity index (χ0) is 8.36. The topological polar surface area (TPSA) is 44.8 Å². The van der Waals surface area contributed by atoms with Gasteiger partial charge in [0.25, 0.3) is 6.47 Å². The first kappa shape index (κ1) is 10.4. The molecule has 0 bridgehead atoms. The van der Waals surface area contributed by atoms with Crippen molar-refractivity contribution in [1.29, 1.82) is 0 Å². The molecule has 1 aliphatic heterocycles. The summed E-state index contributed by atoms with van der Waals surface area (Å²) >= 11 is 0. The Hall–Kier alpha value is -0.610. The fourth-order valence-corrected chi connectivity index (χ4v) is 0.508. The van der Waals surface area contributed by atoms with Gasteiger partial charge in [-0.3, -0.25) is 4.79 Å². The van der Waals surface area contributed by atoms with E-state index in [-0.39, 0.29) is 0 Å². The van der Waals surface area contributed by atoms with Gasteiger partial charge in [0, 0.05) is 0 Å². The Labute approximate surface area is 66.4 Å². The number of carbonyl (C=O) groups excluding carboxylic acids is 1. The predicted octanol–water partition coefficient (Wildman–Crippen LogP) is 0.908. The minimum atomic E-state index is 0.431. The molecule has 11 heavy (non-hydrogen) atoms. The molecule has 0 radical (unpaired) electrons. The summed E-state index contributed by atoms with van der Waals surface area (Å²) in [7, 11) is 0. The van der Waals surface area contributed by atoms with Crippen LogP contribution < -0.4 is 0 Å². The predicted molar refractivity (Wildman–Crippen MR) is 38.8 cm³/mol. The van der Waals surface area contributed by atoms with Crippen LogP contribution in [-0.2, 0) is 19.3 Å². The zero-order valence-electron chi connectivity index (χ0n) is 6.75. The van der Waals surface area contributed by atoms with E-state index in [0.717, 1.165) is 26.1 Å². The van der Waals surface area contributed by atoms with E-state index in [0.29, 0.717) is 13.1 Å². The van der Waals surface area contributed by atoms with Crippen LogP contribution in [0.4, 0.5) is 0 Å². The van der Waals surface area contributed by atoms with Crippen molar-refractivity contribution in [2.75, 3.05) is 19.8 Å². The molecule has 0 aromatic carbocycles. The van der Waals surface area contributed by atoms with Crippen LogP contribution in [0.25, 0.3) is 0 Å². The average Bonchev–Trinajstić information content (AvgIpc) is 2.10. The van der Waals surface area contributed by atoms with Crippen LogP contribution in [0.1, 0.15) is 19.8 Å². The van der Waals surface area contributed by atoms with E-state index in [1.165, 1.54) is 0 Å². The molecule has 0 aromatic heterocycles. The molecule has 0 atom stereocenters. The summed E-state index contributed by atoms with van der Waals surface area (Å²) in [5.74, 6) is 0. The highest BCUT2D eigenvalue weighted by atomic mass is 17.2. The highest BCUT2D eigenvalue weighted by Crippen LogP contribution is 1.97. The second kappa shape index (κ2) is 9.39. The summed E-state index contributed by atoms with van der Waals surface area (Å²) in [5.41, 5.74) is 0. The monoisotopic (exact) mass is 162 g/mol. The van der Waals surface area contributed by atoms with E-state index in [4.69, 9.17) is 0 Å². The van der Waals surface area contributed by atoms with Gasteiger partial charge in [-0.05, 0) is 19.8 Å². The smallest absolute Gasteiger partial charge is 0.293 e. The summed E-state index contributed by atoms with van der Waals surface area (Å²) in [6, 6.07) is 0. The molecule has 0 N–H and O–H groups in total. The molecule has 1 saturated heterocycles. The Bertz CT molecular complexity index is 69.0. The highest BCUT2D eigenvalue weighted by molar-refractivity contribution is 5.36. The number of ether oxygens (including phenoxy) is 1. The fourth-order valence-electron chi connectivity index (χ4n) is 0.508. The Balaban J connectivity index is 0.000000187. The molecule has 1 fully saturated rings. The van der Waals surface area contributed by atoms with Crippen molar-refractivity contribution in [2.45, 2.75) is 19.8 Å². The van der Waals surface area contributed by atoms with E-state index in [1.54, 1.807) is 6.92 Å². The van der Waals surface area contributed by atoms with E-state index in [9.17, 15) is 4.79 Å². The lowest BCUT2D eigenvalue weighted by Crippen LogP contribution is -2.05. The van der Waals surface area contributed by atoms with Crippen LogP contribution in [0.2, 0.25) is 0 Å². The van der Waals surface area contributed by atoms with E-state index < -0.39 is 0 Å². The molecule has 0 aliphatic carbocycles. The van der Waals surface area contributed by atoms with Gasteiger partial charge < -0.3 is 4.74 Å². The minimum absolute atomic E-state index is 0.431. The Morgan fingerprint density at radius 2 is 1.91 bits per heavy atom. The Morgan fingerprint density at radius 3 is 2.00 bits per heavy atom. The highest BCUT2D eigenvalue weighted by Gasteiger charge is 1.95. The normalized spacial score (nSPS) is 16.1. The second-order valence-electron chi connectivity index (χ2n) is 1.90. The van der Waals surface area contributed by atoms with Gasteiger partial charge in [-0.15, -0.1) is 0 Å². The minimum Gasteiger partial charge on any atom is -0.468 e. The summed E-state index contributed by atoms with van der Waals surface area (Å²) in [4.78, 5) is 18.3. The van der Waals surface area contributed by atoms with Gasteiger partial charge in [-0.2, -0.15) is 0 Å². The van der Waals surface area contributed by atoms with Crippen LogP contribution in [0.3, 0.4) is 0 Å². The maximum atomic E-state index is 9.18. The molecule has 1 rings (SSSR count). The molecule has 66 valence electrons. The lowest BCUT2D eigenvalue weighted by molar-refractivity contribution is -0.312. The lowest BCUT2D eigenvalue weighted by atomic mass is 10.3. The van der Waals surface area contributed by atoms with Crippen LogP contribution >= 0.6 is 0 Å². The number of rotatable bonds is 2. The van der Waals surface area contributed by atoms with Gasteiger partial charge in [0.15, 0.2) is 0 Å².